The van der Waals surface area contributed by atoms with E-state index in [9.17, 15) is 24.3 Å². The number of nitrogens with two attached hydrogens (primary N) is 1. The highest BCUT2D eigenvalue weighted by Gasteiger charge is 2.23. The van der Waals surface area contributed by atoms with E-state index in [-0.39, 0.29) is 36.6 Å². The van der Waals surface area contributed by atoms with Gasteiger partial charge in [0.1, 0.15) is 5.65 Å². The Bertz CT molecular complexity index is 1190. The van der Waals surface area contributed by atoms with Crippen LogP contribution in [0.4, 0.5) is 5.95 Å². The fourth-order valence-corrected chi connectivity index (χ4v) is 4.44. The number of aromatic nitrogens is 3. The molecule has 0 spiro atoms. The molecule has 6 N–H and O–H groups in total. The van der Waals surface area contributed by atoms with E-state index in [1.165, 1.54) is 11.3 Å². The molecule has 0 saturated carbocycles. The highest BCUT2D eigenvalue weighted by Crippen LogP contribution is 2.23. The number of fused-ring (bicyclic) bond motifs is 1. The van der Waals surface area contributed by atoms with E-state index in [0.717, 1.165) is 36.3 Å². The molecule has 11 heteroatoms. The van der Waals surface area contributed by atoms with Gasteiger partial charge in [0.15, 0.2) is 5.78 Å². The van der Waals surface area contributed by atoms with Gasteiger partial charge < -0.3 is 20.9 Å². The number of carbonyl (C=O) groups excluding carboxylic acids is 1. The van der Waals surface area contributed by atoms with Gasteiger partial charge in [0.05, 0.1) is 16.2 Å². The van der Waals surface area contributed by atoms with Crippen molar-refractivity contribution in [1.29, 1.82) is 0 Å². The van der Waals surface area contributed by atoms with Crippen LogP contribution in [0.15, 0.2) is 23.0 Å². The third-order valence-electron chi connectivity index (χ3n) is 5.11. The van der Waals surface area contributed by atoms with Gasteiger partial charge in [-0.1, -0.05) is 0 Å². The predicted octanol–water partition coefficient (Wildman–Crippen LogP) is 2.60. The Balaban J connectivity index is 1.49. The minimum atomic E-state index is -1.16. The molecular weight excluding hydrogens is 436 g/mol. The second-order valence-corrected chi connectivity index (χ2v) is 8.74. The van der Waals surface area contributed by atoms with Crippen LogP contribution >= 0.6 is 11.3 Å². The normalized spacial score (nSPS) is 12.1. The van der Waals surface area contributed by atoms with Gasteiger partial charge in [-0.15, -0.1) is 11.3 Å². The zero-order valence-corrected chi connectivity index (χ0v) is 18.0. The van der Waals surface area contributed by atoms with Crippen LogP contribution < -0.4 is 11.3 Å². The fourth-order valence-electron chi connectivity index (χ4n) is 3.44. The van der Waals surface area contributed by atoms with E-state index < -0.39 is 17.9 Å². The molecule has 3 heterocycles. The molecule has 0 amide bonds. The first-order chi connectivity index (χ1) is 15.2. The Morgan fingerprint density at radius 1 is 1.12 bits per heavy atom. The van der Waals surface area contributed by atoms with Crippen LogP contribution in [-0.4, -0.2) is 42.9 Å². The summed E-state index contributed by atoms with van der Waals surface area (Å²) in [5.41, 5.74) is 6.63. The highest BCUT2D eigenvalue weighted by atomic mass is 32.1. The Morgan fingerprint density at radius 3 is 2.59 bits per heavy atom. The number of thiophene rings is 1. The molecule has 3 rings (SSSR count). The van der Waals surface area contributed by atoms with E-state index in [1.54, 1.807) is 12.1 Å². The topological polar surface area (TPSA) is 179 Å². The van der Waals surface area contributed by atoms with Gasteiger partial charge in [0.25, 0.3) is 5.56 Å². The monoisotopic (exact) mass is 460 g/mol. The van der Waals surface area contributed by atoms with Gasteiger partial charge in [-0.05, 0) is 50.3 Å². The molecule has 170 valence electrons. The summed E-state index contributed by atoms with van der Waals surface area (Å²) in [7, 11) is 0. The number of hydrogen-bond acceptors (Lipinski definition) is 7. The number of aliphatic carboxylic acids is 2. The number of rotatable bonds is 12. The fraction of sp³-hybridized carbons (Fsp3) is 0.381. The number of aryl methyl sites for hydroxylation is 2. The summed E-state index contributed by atoms with van der Waals surface area (Å²) in [4.78, 5) is 57.4. The molecule has 0 fully saturated rings. The predicted molar refractivity (Wildman–Crippen MR) is 119 cm³/mol. The van der Waals surface area contributed by atoms with Crippen molar-refractivity contribution < 1.29 is 24.6 Å². The van der Waals surface area contributed by atoms with Crippen molar-refractivity contribution in [2.24, 2.45) is 5.92 Å². The summed E-state index contributed by atoms with van der Waals surface area (Å²) in [5.74, 6) is -3.46. The number of ketones is 1. The largest absolute Gasteiger partial charge is 0.481 e. The second-order valence-electron chi connectivity index (χ2n) is 7.58. The number of carbonyl (C=O) groups is 3. The second kappa shape index (κ2) is 10.2. The SMILES string of the molecule is Nc1nc2[nH]c(CCCCc3ccc(C(=O)C[C@@H](CCC(=O)O)C(=O)O)s3)cc2c(=O)[nH]1. The van der Waals surface area contributed by atoms with Crippen LogP contribution in [0, 0.1) is 5.92 Å². The van der Waals surface area contributed by atoms with Gasteiger partial charge in [0.2, 0.25) is 5.95 Å². The quantitative estimate of drug-likeness (QED) is 0.202. The first-order valence-corrected chi connectivity index (χ1v) is 11.0. The van der Waals surface area contributed by atoms with Crippen LogP contribution in [0.3, 0.4) is 0 Å². The van der Waals surface area contributed by atoms with Crippen LogP contribution in [0.25, 0.3) is 11.0 Å². The average Bonchev–Trinajstić information content (AvgIpc) is 3.35. The van der Waals surface area contributed by atoms with Crippen molar-refractivity contribution in [3.63, 3.8) is 0 Å². The number of anilines is 1. The van der Waals surface area contributed by atoms with Crippen molar-refractivity contribution in [3.05, 3.63) is 44.0 Å². The number of unbranched alkanes of at least 4 members (excludes halogenated alkanes) is 1. The number of carboxylic acids is 2. The molecule has 0 unspecified atom stereocenters. The maximum absolute atomic E-state index is 12.4. The summed E-state index contributed by atoms with van der Waals surface area (Å²) in [6.07, 6.45) is 2.66. The number of carboxylic acid groups (broad SMARTS) is 2. The number of hydrogen-bond donors (Lipinski definition) is 5. The van der Waals surface area contributed by atoms with Crippen molar-refractivity contribution in [2.75, 3.05) is 5.73 Å². The van der Waals surface area contributed by atoms with Gasteiger partial charge in [-0.25, -0.2) is 0 Å². The van der Waals surface area contributed by atoms with Crippen molar-refractivity contribution in [2.45, 2.75) is 44.9 Å². The summed E-state index contributed by atoms with van der Waals surface area (Å²) < 4.78 is 0. The molecule has 1 atom stereocenters. The molecular formula is C21H24N4O6S. The molecule has 0 bridgehead atoms. The summed E-state index contributed by atoms with van der Waals surface area (Å²) in [6.45, 7) is 0. The van der Waals surface area contributed by atoms with E-state index in [2.05, 4.69) is 15.0 Å². The molecule has 3 aromatic rings. The Kier molecular flexibility index (Phi) is 7.41. The van der Waals surface area contributed by atoms with Crippen molar-refractivity contribution in [3.8, 4) is 0 Å². The molecule has 32 heavy (non-hydrogen) atoms. The lowest BCUT2D eigenvalue weighted by Crippen LogP contribution is -2.19. The van der Waals surface area contributed by atoms with Gasteiger partial charge >= 0.3 is 11.9 Å². The van der Waals surface area contributed by atoms with Crippen molar-refractivity contribution in [1.82, 2.24) is 15.0 Å². The van der Waals surface area contributed by atoms with Crippen molar-refractivity contribution >= 4 is 46.0 Å². The van der Waals surface area contributed by atoms with E-state index in [4.69, 9.17) is 10.8 Å². The van der Waals surface area contributed by atoms with E-state index in [1.807, 2.05) is 6.07 Å². The number of H-pyrrole nitrogens is 2. The molecule has 0 radical (unpaired) electrons. The number of nitrogens with zero attached hydrogens (tertiary/aromatic N) is 1. The average molecular weight is 461 g/mol. The van der Waals surface area contributed by atoms with Gasteiger partial charge in [-0.3, -0.25) is 24.2 Å². The minimum Gasteiger partial charge on any atom is -0.481 e. The zero-order chi connectivity index (χ0) is 23.3. The lowest BCUT2D eigenvalue weighted by atomic mass is 9.96. The molecule has 0 aliphatic carbocycles. The Labute approximate surface area is 186 Å². The first-order valence-electron chi connectivity index (χ1n) is 10.2. The highest BCUT2D eigenvalue weighted by molar-refractivity contribution is 7.14. The lowest BCUT2D eigenvalue weighted by molar-refractivity contribution is -0.142. The molecule has 3 aromatic heterocycles. The van der Waals surface area contributed by atoms with E-state index in [0.29, 0.717) is 15.9 Å². The lowest BCUT2D eigenvalue weighted by Gasteiger charge is -2.09. The summed E-state index contributed by atoms with van der Waals surface area (Å²) in [6, 6.07) is 5.32. The standard InChI is InChI=1S/C21H24N4O6S/c22-21-24-18-14(19(29)25-21)10-12(23-18)3-1-2-4-13-6-7-16(32-13)15(26)9-11(20(30)31)5-8-17(27)28/h6-7,10-11H,1-5,8-9H2,(H,27,28)(H,30,31)(H4,22,23,24,25,29)/t11-/m1/s1. The first kappa shape index (κ1) is 23.2. The van der Waals surface area contributed by atoms with Crippen LogP contribution in [0.1, 0.15) is 52.3 Å². The summed E-state index contributed by atoms with van der Waals surface area (Å²) >= 11 is 1.34. The summed E-state index contributed by atoms with van der Waals surface area (Å²) in [5, 5.41) is 18.4. The third kappa shape index (κ3) is 6.03. The van der Waals surface area contributed by atoms with Crippen LogP contribution in [-0.2, 0) is 22.4 Å². The van der Waals surface area contributed by atoms with Crippen LogP contribution in [0.5, 0.6) is 0 Å². The number of nitrogen functional groups attached to an aromatic ring is 1. The molecule has 10 nitrogen and oxygen atoms in total. The molecule has 0 aromatic carbocycles. The zero-order valence-electron chi connectivity index (χ0n) is 17.2. The third-order valence-corrected chi connectivity index (χ3v) is 6.30. The maximum atomic E-state index is 12.4. The minimum absolute atomic E-state index is 0.0653. The van der Waals surface area contributed by atoms with E-state index >= 15 is 0 Å². The van der Waals surface area contributed by atoms with Gasteiger partial charge in [-0.2, -0.15) is 4.98 Å². The Hall–Kier alpha value is -3.47. The molecule has 0 aliphatic heterocycles. The van der Waals surface area contributed by atoms with Gasteiger partial charge in [0, 0.05) is 23.4 Å². The van der Waals surface area contributed by atoms with Crippen LogP contribution in [0.2, 0.25) is 0 Å². The maximum Gasteiger partial charge on any atom is 0.306 e. The number of aromatic amines is 2. The molecule has 0 saturated heterocycles. The number of Topliss-reactive ketones (excluding diaryl/α,β-unsaturated/α-hetero) is 1. The number of nitrogens with one attached hydrogen (secondary N) is 2. The molecule has 0 aliphatic rings. The Morgan fingerprint density at radius 2 is 1.88 bits per heavy atom. The smallest absolute Gasteiger partial charge is 0.306 e.